The number of nitrogens with one attached hydrogen (secondary N) is 1. The normalized spacial score (nSPS) is 12.3. The highest BCUT2D eigenvalue weighted by atomic mass is 32.1. The average molecular weight is 323 g/mol. The fourth-order valence-corrected chi connectivity index (χ4v) is 3.40. The second kappa shape index (κ2) is 6.97. The molecule has 0 aliphatic rings. The van der Waals surface area contributed by atoms with E-state index in [-0.39, 0.29) is 5.91 Å². The number of carbonyl (C=O) groups is 1. The summed E-state index contributed by atoms with van der Waals surface area (Å²) in [4.78, 5) is 12.4. The van der Waals surface area contributed by atoms with E-state index in [0.29, 0.717) is 11.5 Å². The number of anilines is 1. The summed E-state index contributed by atoms with van der Waals surface area (Å²) in [5.41, 5.74) is 2.86. The van der Waals surface area contributed by atoms with Crippen LogP contribution in [0.2, 0.25) is 0 Å². The van der Waals surface area contributed by atoms with Crippen molar-refractivity contribution in [3.63, 3.8) is 0 Å². The SMILES string of the molecule is CCC(C)Cc1ccc(NC(=O)c2ccc3ccsc3c2)cc1. The molecule has 1 aromatic heterocycles. The summed E-state index contributed by atoms with van der Waals surface area (Å²) in [7, 11) is 0. The molecular weight excluding hydrogens is 302 g/mol. The summed E-state index contributed by atoms with van der Waals surface area (Å²) in [5.74, 6) is 0.628. The minimum atomic E-state index is -0.0602. The Bertz CT molecular complexity index is 804. The lowest BCUT2D eigenvalue weighted by Crippen LogP contribution is -2.11. The van der Waals surface area contributed by atoms with E-state index in [0.717, 1.165) is 16.8 Å². The molecule has 1 heterocycles. The molecule has 0 radical (unpaired) electrons. The van der Waals surface area contributed by atoms with E-state index in [1.165, 1.54) is 17.4 Å². The zero-order valence-corrected chi connectivity index (χ0v) is 14.3. The van der Waals surface area contributed by atoms with Crippen molar-refractivity contribution in [3.05, 3.63) is 65.0 Å². The van der Waals surface area contributed by atoms with Crippen molar-refractivity contribution in [2.45, 2.75) is 26.7 Å². The van der Waals surface area contributed by atoms with Crippen LogP contribution in [0.15, 0.2) is 53.9 Å². The molecule has 0 saturated heterocycles. The molecule has 2 aromatic carbocycles. The lowest BCUT2D eigenvalue weighted by molar-refractivity contribution is 0.102. The average Bonchev–Trinajstić information content (AvgIpc) is 3.04. The van der Waals surface area contributed by atoms with Crippen molar-refractivity contribution in [1.82, 2.24) is 0 Å². The summed E-state index contributed by atoms with van der Waals surface area (Å²) >= 11 is 1.65. The molecule has 1 N–H and O–H groups in total. The first kappa shape index (κ1) is 15.8. The topological polar surface area (TPSA) is 29.1 Å². The van der Waals surface area contributed by atoms with Crippen LogP contribution in [0.4, 0.5) is 5.69 Å². The number of benzene rings is 2. The van der Waals surface area contributed by atoms with Gasteiger partial charge in [0.25, 0.3) is 5.91 Å². The number of rotatable bonds is 5. The number of thiophene rings is 1. The molecule has 0 aliphatic carbocycles. The quantitative estimate of drug-likeness (QED) is 0.637. The Morgan fingerprint density at radius 1 is 1.13 bits per heavy atom. The Balaban J connectivity index is 1.69. The molecule has 0 spiro atoms. The number of hydrogen-bond acceptors (Lipinski definition) is 2. The molecule has 3 rings (SSSR count). The second-order valence-corrected chi connectivity index (χ2v) is 6.99. The molecule has 0 aliphatic heterocycles. The molecule has 2 nitrogen and oxygen atoms in total. The standard InChI is InChI=1S/C20H21NOS/c1-3-14(2)12-15-4-8-18(9-5-15)21-20(22)17-7-6-16-10-11-23-19(16)13-17/h4-11,13-14H,3,12H2,1-2H3,(H,21,22). The van der Waals surface area contributed by atoms with Gasteiger partial charge >= 0.3 is 0 Å². The number of amides is 1. The maximum atomic E-state index is 12.4. The Hall–Kier alpha value is -2.13. The minimum absolute atomic E-state index is 0.0602. The maximum absolute atomic E-state index is 12.4. The Kier molecular flexibility index (Phi) is 4.77. The monoisotopic (exact) mass is 323 g/mol. The van der Waals surface area contributed by atoms with Gasteiger partial charge in [-0.3, -0.25) is 4.79 Å². The predicted molar refractivity (Wildman–Crippen MR) is 99.4 cm³/mol. The largest absolute Gasteiger partial charge is 0.322 e. The maximum Gasteiger partial charge on any atom is 0.255 e. The third-order valence-electron chi connectivity index (χ3n) is 4.21. The summed E-state index contributed by atoms with van der Waals surface area (Å²) in [6, 6.07) is 16.1. The molecule has 23 heavy (non-hydrogen) atoms. The van der Waals surface area contributed by atoms with Gasteiger partial charge in [-0.2, -0.15) is 0 Å². The van der Waals surface area contributed by atoms with Crippen molar-refractivity contribution in [1.29, 1.82) is 0 Å². The minimum Gasteiger partial charge on any atom is -0.322 e. The van der Waals surface area contributed by atoms with Gasteiger partial charge in [0.2, 0.25) is 0 Å². The highest BCUT2D eigenvalue weighted by molar-refractivity contribution is 7.17. The van der Waals surface area contributed by atoms with Gasteiger partial charge in [-0.25, -0.2) is 0 Å². The first-order valence-corrected chi connectivity index (χ1v) is 8.91. The molecule has 0 fully saturated rings. The van der Waals surface area contributed by atoms with Gasteiger partial charge in [-0.1, -0.05) is 38.5 Å². The Labute approximate surface area is 141 Å². The van der Waals surface area contributed by atoms with Crippen LogP contribution in [-0.4, -0.2) is 5.91 Å². The summed E-state index contributed by atoms with van der Waals surface area (Å²) in [6.45, 7) is 4.47. The Morgan fingerprint density at radius 2 is 1.91 bits per heavy atom. The highest BCUT2D eigenvalue weighted by Gasteiger charge is 2.08. The van der Waals surface area contributed by atoms with E-state index < -0.39 is 0 Å². The fourth-order valence-electron chi connectivity index (χ4n) is 2.57. The zero-order valence-electron chi connectivity index (χ0n) is 13.5. The molecule has 1 atom stereocenters. The number of hydrogen-bond donors (Lipinski definition) is 1. The van der Waals surface area contributed by atoms with Crippen molar-refractivity contribution >= 4 is 33.0 Å². The fraction of sp³-hybridized carbons (Fsp3) is 0.250. The lowest BCUT2D eigenvalue weighted by Gasteiger charge is -2.10. The first-order chi connectivity index (χ1) is 11.2. The lowest BCUT2D eigenvalue weighted by atomic mass is 9.99. The van der Waals surface area contributed by atoms with E-state index in [1.807, 2.05) is 35.7 Å². The van der Waals surface area contributed by atoms with E-state index in [9.17, 15) is 4.79 Å². The highest BCUT2D eigenvalue weighted by Crippen LogP contribution is 2.22. The number of carbonyl (C=O) groups excluding carboxylic acids is 1. The van der Waals surface area contributed by atoms with E-state index in [2.05, 4.69) is 37.4 Å². The van der Waals surface area contributed by atoms with Crippen LogP contribution >= 0.6 is 11.3 Å². The molecule has 1 unspecified atom stereocenters. The van der Waals surface area contributed by atoms with Gasteiger partial charge in [0.05, 0.1) is 0 Å². The first-order valence-electron chi connectivity index (χ1n) is 8.03. The molecule has 3 heteroatoms. The molecule has 3 aromatic rings. The third-order valence-corrected chi connectivity index (χ3v) is 5.09. The number of fused-ring (bicyclic) bond motifs is 1. The van der Waals surface area contributed by atoms with Gasteiger partial charge in [-0.15, -0.1) is 11.3 Å². The van der Waals surface area contributed by atoms with Crippen LogP contribution in [0.5, 0.6) is 0 Å². The molecule has 0 bridgehead atoms. The third kappa shape index (κ3) is 3.80. The summed E-state index contributed by atoms with van der Waals surface area (Å²) in [6.07, 6.45) is 2.27. The van der Waals surface area contributed by atoms with E-state index in [4.69, 9.17) is 0 Å². The summed E-state index contributed by atoms with van der Waals surface area (Å²) < 4.78 is 1.14. The van der Waals surface area contributed by atoms with Crippen LogP contribution < -0.4 is 5.32 Å². The van der Waals surface area contributed by atoms with Gasteiger partial charge in [-0.05, 0) is 59.0 Å². The van der Waals surface area contributed by atoms with Crippen LogP contribution in [-0.2, 0) is 6.42 Å². The van der Waals surface area contributed by atoms with Crippen LogP contribution in [0, 0.1) is 5.92 Å². The predicted octanol–water partition coefficient (Wildman–Crippen LogP) is 5.74. The van der Waals surface area contributed by atoms with Crippen molar-refractivity contribution in [3.8, 4) is 0 Å². The van der Waals surface area contributed by atoms with Crippen LogP contribution in [0.25, 0.3) is 10.1 Å². The van der Waals surface area contributed by atoms with Gasteiger partial charge in [0.1, 0.15) is 0 Å². The zero-order chi connectivity index (χ0) is 16.2. The van der Waals surface area contributed by atoms with Gasteiger partial charge in [0, 0.05) is 16.0 Å². The van der Waals surface area contributed by atoms with Crippen molar-refractivity contribution in [2.75, 3.05) is 5.32 Å². The molecule has 0 saturated carbocycles. The molecule has 118 valence electrons. The van der Waals surface area contributed by atoms with Gasteiger partial charge in [0.15, 0.2) is 0 Å². The van der Waals surface area contributed by atoms with Crippen LogP contribution in [0.1, 0.15) is 36.2 Å². The molecular formula is C20H21NOS. The van der Waals surface area contributed by atoms with Crippen LogP contribution in [0.3, 0.4) is 0 Å². The summed E-state index contributed by atoms with van der Waals surface area (Å²) in [5, 5.41) is 6.20. The van der Waals surface area contributed by atoms with E-state index in [1.54, 1.807) is 11.3 Å². The Morgan fingerprint density at radius 3 is 2.65 bits per heavy atom. The smallest absolute Gasteiger partial charge is 0.255 e. The van der Waals surface area contributed by atoms with E-state index >= 15 is 0 Å². The molecule has 1 amide bonds. The van der Waals surface area contributed by atoms with Crippen molar-refractivity contribution < 1.29 is 4.79 Å². The second-order valence-electron chi connectivity index (χ2n) is 6.04. The van der Waals surface area contributed by atoms with Crippen molar-refractivity contribution in [2.24, 2.45) is 5.92 Å². The van der Waals surface area contributed by atoms with Gasteiger partial charge < -0.3 is 5.32 Å².